The standard InChI is InChI=1S/C16H21ClN2O5/c1-18(10-16(21)22)8-12-9-19(6-7-23-12)15(20)11-24-14-5-3-2-4-13(14)17/h2-5,12H,6-11H2,1H3,(H,21,22). The Morgan fingerprint density at radius 2 is 2.21 bits per heavy atom. The Hall–Kier alpha value is -1.83. The van der Waals surface area contributed by atoms with E-state index in [4.69, 9.17) is 26.2 Å². The van der Waals surface area contributed by atoms with Gasteiger partial charge < -0.3 is 19.5 Å². The Bertz CT molecular complexity index is 583. The first-order valence-electron chi connectivity index (χ1n) is 7.62. The minimum Gasteiger partial charge on any atom is -0.482 e. The molecule has 1 heterocycles. The molecule has 1 aliphatic rings. The molecule has 1 N–H and O–H groups in total. The van der Waals surface area contributed by atoms with Crippen LogP contribution in [0.3, 0.4) is 0 Å². The van der Waals surface area contributed by atoms with Crippen LogP contribution < -0.4 is 4.74 Å². The number of morpholine rings is 1. The number of amides is 1. The van der Waals surface area contributed by atoms with Crippen LogP contribution in [0.15, 0.2) is 24.3 Å². The van der Waals surface area contributed by atoms with Crippen LogP contribution in [0.4, 0.5) is 0 Å². The maximum Gasteiger partial charge on any atom is 0.317 e. The number of rotatable bonds is 7. The third-order valence-electron chi connectivity index (χ3n) is 3.60. The van der Waals surface area contributed by atoms with Crippen molar-refractivity contribution in [2.75, 3.05) is 46.4 Å². The summed E-state index contributed by atoms with van der Waals surface area (Å²) in [6.07, 6.45) is -0.215. The molecule has 1 atom stereocenters. The molecule has 1 aromatic rings. The van der Waals surface area contributed by atoms with E-state index in [1.54, 1.807) is 41.1 Å². The lowest BCUT2D eigenvalue weighted by Crippen LogP contribution is -2.50. The summed E-state index contributed by atoms with van der Waals surface area (Å²) in [4.78, 5) is 26.3. The second-order valence-corrected chi connectivity index (χ2v) is 6.05. The quantitative estimate of drug-likeness (QED) is 0.784. The van der Waals surface area contributed by atoms with Gasteiger partial charge in [0.2, 0.25) is 0 Å². The van der Waals surface area contributed by atoms with E-state index < -0.39 is 5.97 Å². The van der Waals surface area contributed by atoms with Crippen LogP contribution in [-0.4, -0.2) is 79.3 Å². The number of carboxylic acids is 1. The fourth-order valence-corrected chi connectivity index (χ4v) is 2.68. The third-order valence-corrected chi connectivity index (χ3v) is 3.91. The number of aliphatic carboxylic acids is 1. The van der Waals surface area contributed by atoms with Gasteiger partial charge in [-0.1, -0.05) is 23.7 Å². The van der Waals surface area contributed by atoms with Crippen LogP contribution in [-0.2, 0) is 14.3 Å². The number of para-hydroxylation sites is 1. The molecule has 1 amide bonds. The largest absolute Gasteiger partial charge is 0.482 e. The average Bonchev–Trinajstić information content (AvgIpc) is 2.53. The lowest BCUT2D eigenvalue weighted by Gasteiger charge is -2.34. The Balaban J connectivity index is 1.81. The van der Waals surface area contributed by atoms with E-state index in [0.717, 1.165) is 0 Å². The van der Waals surface area contributed by atoms with Gasteiger partial charge in [-0.05, 0) is 19.2 Å². The van der Waals surface area contributed by atoms with E-state index in [1.165, 1.54) is 0 Å². The average molecular weight is 357 g/mol. The van der Waals surface area contributed by atoms with Crippen molar-refractivity contribution in [2.24, 2.45) is 0 Å². The number of benzene rings is 1. The molecule has 0 aromatic heterocycles. The SMILES string of the molecule is CN(CC(=O)O)CC1CN(C(=O)COc2ccccc2Cl)CCO1. The summed E-state index contributed by atoms with van der Waals surface area (Å²) in [6.45, 7) is 1.61. The van der Waals surface area contributed by atoms with Gasteiger partial charge in [-0.2, -0.15) is 0 Å². The Morgan fingerprint density at radius 1 is 1.46 bits per heavy atom. The first kappa shape index (κ1) is 18.5. The number of nitrogens with zero attached hydrogens (tertiary/aromatic N) is 2. The van der Waals surface area contributed by atoms with E-state index in [2.05, 4.69) is 0 Å². The second kappa shape index (κ2) is 8.86. The summed E-state index contributed by atoms with van der Waals surface area (Å²) < 4.78 is 11.1. The molecule has 0 bridgehead atoms. The molecule has 0 spiro atoms. The lowest BCUT2D eigenvalue weighted by atomic mass is 10.2. The summed E-state index contributed by atoms with van der Waals surface area (Å²) in [5.41, 5.74) is 0. The molecule has 1 unspecified atom stereocenters. The van der Waals surface area contributed by atoms with E-state index in [-0.39, 0.29) is 25.2 Å². The zero-order chi connectivity index (χ0) is 17.5. The predicted octanol–water partition coefficient (Wildman–Crippen LogP) is 0.963. The highest BCUT2D eigenvalue weighted by atomic mass is 35.5. The molecule has 1 aromatic carbocycles. The number of hydrogen-bond acceptors (Lipinski definition) is 5. The first-order chi connectivity index (χ1) is 11.5. The van der Waals surface area contributed by atoms with Crippen LogP contribution in [0.2, 0.25) is 5.02 Å². The molecule has 132 valence electrons. The summed E-state index contributed by atoms with van der Waals surface area (Å²) in [7, 11) is 1.71. The van der Waals surface area contributed by atoms with Gasteiger partial charge in [0.25, 0.3) is 5.91 Å². The highest BCUT2D eigenvalue weighted by Gasteiger charge is 2.25. The minimum atomic E-state index is -0.894. The van der Waals surface area contributed by atoms with Gasteiger partial charge in [0.15, 0.2) is 6.61 Å². The fourth-order valence-electron chi connectivity index (χ4n) is 2.49. The molecule has 0 aliphatic carbocycles. The molecule has 1 fully saturated rings. The lowest BCUT2D eigenvalue weighted by molar-refractivity contribution is -0.143. The van der Waals surface area contributed by atoms with E-state index in [1.807, 2.05) is 0 Å². The second-order valence-electron chi connectivity index (χ2n) is 5.64. The molecule has 1 aliphatic heterocycles. The molecule has 8 heteroatoms. The summed E-state index contributed by atoms with van der Waals surface area (Å²) in [6, 6.07) is 6.98. The van der Waals surface area contributed by atoms with Gasteiger partial charge in [-0.3, -0.25) is 14.5 Å². The third kappa shape index (κ3) is 5.67. The molecule has 1 saturated heterocycles. The first-order valence-corrected chi connectivity index (χ1v) is 8.00. The molecule has 0 radical (unpaired) electrons. The summed E-state index contributed by atoms with van der Waals surface area (Å²) in [5.74, 6) is -0.572. The number of ether oxygens (including phenoxy) is 2. The van der Waals surface area contributed by atoms with Gasteiger partial charge in [-0.25, -0.2) is 0 Å². The molecule has 0 saturated carbocycles. The highest BCUT2D eigenvalue weighted by Crippen LogP contribution is 2.23. The van der Waals surface area contributed by atoms with E-state index >= 15 is 0 Å². The van der Waals surface area contributed by atoms with Crippen molar-refractivity contribution < 1.29 is 24.2 Å². The van der Waals surface area contributed by atoms with Crippen LogP contribution in [0.1, 0.15) is 0 Å². The monoisotopic (exact) mass is 356 g/mol. The Kier molecular flexibility index (Phi) is 6.84. The van der Waals surface area contributed by atoms with Crippen molar-refractivity contribution >= 4 is 23.5 Å². The molecule has 24 heavy (non-hydrogen) atoms. The van der Waals surface area contributed by atoms with Crippen LogP contribution in [0, 0.1) is 0 Å². The van der Waals surface area contributed by atoms with Crippen molar-refractivity contribution in [3.8, 4) is 5.75 Å². The maximum absolute atomic E-state index is 12.3. The van der Waals surface area contributed by atoms with Crippen molar-refractivity contribution in [1.82, 2.24) is 9.80 Å². The van der Waals surface area contributed by atoms with Crippen LogP contribution in [0.25, 0.3) is 0 Å². The summed E-state index contributed by atoms with van der Waals surface area (Å²) in [5, 5.41) is 9.24. The van der Waals surface area contributed by atoms with E-state index in [0.29, 0.717) is 37.0 Å². The zero-order valence-corrected chi connectivity index (χ0v) is 14.2. The number of carboxylic acid groups (broad SMARTS) is 1. The van der Waals surface area contributed by atoms with Gasteiger partial charge in [0.05, 0.1) is 24.3 Å². The normalized spacial score (nSPS) is 17.8. The predicted molar refractivity (Wildman–Crippen MR) is 88.4 cm³/mol. The molecule has 2 rings (SSSR count). The van der Waals surface area contributed by atoms with Crippen molar-refractivity contribution in [3.63, 3.8) is 0 Å². The molecular weight excluding hydrogens is 336 g/mol. The topological polar surface area (TPSA) is 79.3 Å². The van der Waals surface area contributed by atoms with Gasteiger partial charge >= 0.3 is 5.97 Å². The number of likely N-dealkylation sites (N-methyl/N-ethyl adjacent to an activating group) is 1. The smallest absolute Gasteiger partial charge is 0.317 e. The molecular formula is C16H21ClN2O5. The van der Waals surface area contributed by atoms with Crippen LogP contribution >= 0.6 is 11.6 Å². The van der Waals surface area contributed by atoms with Gasteiger partial charge in [0, 0.05) is 19.6 Å². The number of carbonyl (C=O) groups excluding carboxylic acids is 1. The fraction of sp³-hybridized carbons (Fsp3) is 0.500. The van der Waals surface area contributed by atoms with E-state index in [9.17, 15) is 9.59 Å². The van der Waals surface area contributed by atoms with Gasteiger partial charge in [0.1, 0.15) is 5.75 Å². The van der Waals surface area contributed by atoms with Crippen molar-refractivity contribution in [1.29, 1.82) is 0 Å². The van der Waals surface area contributed by atoms with Gasteiger partial charge in [-0.15, -0.1) is 0 Å². The molecule has 7 nitrogen and oxygen atoms in total. The highest BCUT2D eigenvalue weighted by molar-refractivity contribution is 6.32. The number of halogens is 1. The number of carbonyl (C=O) groups is 2. The summed E-state index contributed by atoms with van der Waals surface area (Å²) >= 11 is 5.99. The van der Waals surface area contributed by atoms with Crippen LogP contribution in [0.5, 0.6) is 5.75 Å². The maximum atomic E-state index is 12.3. The minimum absolute atomic E-state index is 0.0660. The van der Waals surface area contributed by atoms with Crippen molar-refractivity contribution in [2.45, 2.75) is 6.10 Å². The Labute approximate surface area is 145 Å². The Morgan fingerprint density at radius 3 is 2.92 bits per heavy atom. The zero-order valence-electron chi connectivity index (χ0n) is 13.5. The number of hydrogen-bond donors (Lipinski definition) is 1. The van der Waals surface area contributed by atoms with Crippen molar-refractivity contribution in [3.05, 3.63) is 29.3 Å².